The second-order valence-electron chi connectivity index (χ2n) is 7.90. The summed E-state index contributed by atoms with van der Waals surface area (Å²) in [7, 11) is 1.91. The average Bonchev–Trinajstić information content (AvgIpc) is 3.31. The van der Waals surface area contributed by atoms with Crippen LogP contribution in [-0.2, 0) is 13.6 Å². The standard InChI is InChI=1S/C24H27N5O3/c1-14-6-8-20(15(2)10-14)26-24(25-12-19-16(3)28-29(5)17(19)4)27-23(30)18-7-9-21-22(11-18)32-13-31-21/h6-11H,12-13H2,1-5H3,(H2,25,26,27,30). The number of nitrogens with zero attached hydrogens (tertiary/aromatic N) is 3. The van der Waals surface area contributed by atoms with Gasteiger partial charge in [0.05, 0.1) is 12.2 Å². The lowest BCUT2D eigenvalue weighted by Gasteiger charge is -2.14. The van der Waals surface area contributed by atoms with Gasteiger partial charge >= 0.3 is 0 Å². The summed E-state index contributed by atoms with van der Waals surface area (Å²) >= 11 is 0. The first-order valence-corrected chi connectivity index (χ1v) is 10.4. The van der Waals surface area contributed by atoms with Crippen LogP contribution in [0.2, 0.25) is 0 Å². The van der Waals surface area contributed by atoms with Gasteiger partial charge in [0, 0.05) is 29.6 Å². The Kier molecular flexibility index (Phi) is 5.85. The predicted octanol–water partition coefficient (Wildman–Crippen LogP) is 3.78. The molecule has 4 rings (SSSR count). The molecule has 8 nitrogen and oxygen atoms in total. The highest BCUT2D eigenvalue weighted by molar-refractivity contribution is 6.10. The van der Waals surface area contributed by atoms with E-state index in [4.69, 9.17) is 14.5 Å². The van der Waals surface area contributed by atoms with Crippen molar-refractivity contribution < 1.29 is 14.3 Å². The number of carbonyl (C=O) groups is 1. The van der Waals surface area contributed by atoms with E-state index in [9.17, 15) is 4.79 Å². The van der Waals surface area contributed by atoms with Gasteiger partial charge in [0.15, 0.2) is 11.5 Å². The van der Waals surface area contributed by atoms with Crippen LogP contribution in [-0.4, -0.2) is 28.4 Å². The molecular formula is C24H27N5O3. The molecule has 0 atom stereocenters. The lowest BCUT2D eigenvalue weighted by molar-refractivity contribution is 0.0976. The highest BCUT2D eigenvalue weighted by Crippen LogP contribution is 2.32. The van der Waals surface area contributed by atoms with Gasteiger partial charge in [-0.05, 0) is 57.5 Å². The van der Waals surface area contributed by atoms with Crippen LogP contribution in [0.3, 0.4) is 0 Å². The first-order valence-electron chi connectivity index (χ1n) is 10.4. The van der Waals surface area contributed by atoms with Crippen LogP contribution in [0, 0.1) is 27.7 Å². The SMILES string of the molecule is Cc1ccc(NC(=NCc2c(C)nn(C)c2C)NC(=O)c2ccc3c(c2)OCO3)c(C)c1. The van der Waals surface area contributed by atoms with Crippen molar-refractivity contribution in [3.05, 3.63) is 70.0 Å². The Morgan fingerprint density at radius 3 is 2.59 bits per heavy atom. The van der Waals surface area contributed by atoms with Crippen molar-refractivity contribution in [2.75, 3.05) is 12.1 Å². The molecule has 0 fully saturated rings. The molecule has 0 bridgehead atoms. The second kappa shape index (κ2) is 8.74. The Bertz CT molecular complexity index is 1210. The predicted molar refractivity (Wildman–Crippen MR) is 123 cm³/mol. The van der Waals surface area contributed by atoms with Crippen LogP contribution < -0.4 is 20.1 Å². The topological polar surface area (TPSA) is 89.8 Å². The first kappa shape index (κ1) is 21.4. The van der Waals surface area contributed by atoms with Crippen molar-refractivity contribution in [3.8, 4) is 11.5 Å². The Labute approximate surface area is 187 Å². The number of aromatic nitrogens is 2. The summed E-state index contributed by atoms with van der Waals surface area (Å²) in [5, 5.41) is 10.6. The van der Waals surface area contributed by atoms with Crippen molar-refractivity contribution in [1.29, 1.82) is 0 Å². The summed E-state index contributed by atoms with van der Waals surface area (Å²) in [6.07, 6.45) is 0. The summed E-state index contributed by atoms with van der Waals surface area (Å²) in [5.41, 5.74) is 6.55. The maximum atomic E-state index is 13.0. The molecule has 1 amide bonds. The van der Waals surface area contributed by atoms with Crippen molar-refractivity contribution >= 4 is 17.6 Å². The lowest BCUT2D eigenvalue weighted by Crippen LogP contribution is -2.36. The number of amides is 1. The van der Waals surface area contributed by atoms with E-state index in [1.165, 1.54) is 0 Å². The molecule has 2 heterocycles. The number of aryl methyl sites for hydroxylation is 4. The van der Waals surface area contributed by atoms with Gasteiger partial charge in [-0.25, -0.2) is 4.99 Å². The average molecular weight is 434 g/mol. The molecule has 0 saturated heterocycles. The highest BCUT2D eigenvalue weighted by atomic mass is 16.7. The van der Waals surface area contributed by atoms with Crippen LogP contribution in [0.5, 0.6) is 11.5 Å². The first-order chi connectivity index (χ1) is 15.3. The number of carbonyl (C=O) groups excluding carboxylic acids is 1. The Morgan fingerprint density at radius 1 is 1.09 bits per heavy atom. The zero-order valence-electron chi connectivity index (χ0n) is 18.9. The van der Waals surface area contributed by atoms with E-state index in [1.54, 1.807) is 18.2 Å². The van der Waals surface area contributed by atoms with E-state index < -0.39 is 0 Å². The number of aliphatic imine (C=N–C) groups is 1. The maximum absolute atomic E-state index is 13.0. The monoisotopic (exact) mass is 433 g/mol. The van der Waals surface area contributed by atoms with Crippen LogP contribution in [0.15, 0.2) is 41.4 Å². The molecular weight excluding hydrogens is 406 g/mol. The van der Waals surface area contributed by atoms with E-state index >= 15 is 0 Å². The number of ether oxygens (including phenoxy) is 2. The minimum atomic E-state index is -0.293. The maximum Gasteiger partial charge on any atom is 0.258 e. The summed E-state index contributed by atoms with van der Waals surface area (Å²) < 4.78 is 12.6. The highest BCUT2D eigenvalue weighted by Gasteiger charge is 2.18. The largest absolute Gasteiger partial charge is 0.454 e. The quantitative estimate of drug-likeness (QED) is 0.483. The minimum absolute atomic E-state index is 0.158. The van der Waals surface area contributed by atoms with Crippen LogP contribution >= 0.6 is 0 Å². The normalized spacial score (nSPS) is 12.7. The van der Waals surface area contributed by atoms with Gasteiger partial charge in [0.1, 0.15) is 0 Å². The molecule has 0 radical (unpaired) electrons. The van der Waals surface area contributed by atoms with E-state index in [0.717, 1.165) is 33.8 Å². The van der Waals surface area contributed by atoms with Crippen LogP contribution in [0.4, 0.5) is 5.69 Å². The Hall–Kier alpha value is -3.81. The molecule has 0 unspecified atom stereocenters. The van der Waals surface area contributed by atoms with Gasteiger partial charge in [0.2, 0.25) is 12.8 Å². The van der Waals surface area contributed by atoms with Gasteiger partial charge in [-0.15, -0.1) is 0 Å². The van der Waals surface area contributed by atoms with Crippen molar-refractivity contribution in [2.24, 2.45) is 12.0 Å². The van der Waals surface area contributed by atoms with Crippen LogP contribution in [0.25, 0.3) is 0 Å². The number of benzene rings is 2. The number of nitrogens with one attached hydrogen (secondary N) is 2. The molecule has 1 aromatic heterocycles. The van der Waals surface area contributed by atoms with Crippen LogP contribution in [0.1, 0.15) is 38.4 Å². The summed E-state index contributed by atoms with van der Waals surface area (Å²) in [6, 6.07) is 11.2. The van der Waals surface area contributed by atoms with Gasteiger partial charge in [-0.2, -0.15) is 5.10 Å². The number of anilines is 1. The van der Waals surface area contributed by atoms with E-state index in [1.807, 2.05) is 51.6 Å². The minimum Gasteiger partial charge on any atom is -0.454 e. The molecule has 32 heavy (non-hydrogen) atoms. The third kappa shape index (κ3) is 4.44. The molecule has 2 N–H and O–H groups in total. The Balaban J connectivity index is 1.61. The van der Waals surface area contributed by atoms with Gasteiger partial charge in [0.25, 0.3) is 5.91 Å². The summed E-state index contributed by atoms with van der Waals surface area (Å²) in [5.74, 6) is 1.26. The van der Waals surface area contributed by atoms with Gasteiger partial charge in [-0.3, -0.25) is 14.8 Å². The zero-order chi connectivity index (χ0) is 22.8. The van der Waals surface area contributed by atoms with Gasteiger partial charge in [-0.1, -0.05) is 17.7 Å². The molecule has 0 spiro atoms. The lowest BCUT2D eigenvalue weighted by atomic mass is 10.1. The van der Waals surface area contributed by atoms with Gasteiger partial charge < -0.3 is 14.8 Å². The van der Waals surface area contributed by atoms with Crippen molar-refractivity contribution in [1.82, 2.24) is 15.1 Å². The fraction of sp³-hybridized carbons (Fsp3) is 0.292. The smallest absolute Gasteiger partial charge is 0.258 e. The van der Waals surface area contributed by atoms with Crippen molar-refractivity contribution in [3.63, 3.8) is 0 Å². The Morgan fingerprint density at radius 2 is 1.88 bits per heavy atom. The third-order valence-corrected chi connectivity index (χ3v) is 5.56. The molecule has 0 saturated carbocycles. The molecule has 2 aromatic carbocycles. The number of guanidine groups is 1. The fourth-order valence-electron chi connectivity index (χ4n) is 3.61. The number of hydrogen-bond acceptors (Lipinski definition) is 5. The fourth-order valence-corrected chi connectivity index (χ4v) is 3.61. The molecule has 166 valence electrons. The second-order valence-corrected chi connectivity index (χ2v) is 7.90. The molecule has 3 aromatic rings. The molecule has 1 aliphatic heterocycles. The van der Waals surface area contributed by atoms with E-state index in [0.29, 0.717) is 29.6 Å². The van der Waals surface area contributed by atoms with E-state index in [-0.39, 0.29) is 12.7 Å². The number of rotatable bonds is 4. The molecule has 8 heteroatoms. The number of hydrogen-bond donors (Lipinski definition) is 2. The molecule has 1 aliphatic rings. The number of fused-ring (bicyclic) bond motifs is 1. The molecule has 0 aliphatic carbocycles. The third-order valence-electron chi connectivity index (χ3n) is 5.56. The van der Waals surface area contributed by atoms with Crippen molar-refractivity contribution in [2.45, 2.75) is 34.2 Å². The van der Waals surface area contributed by atoms with E-state index in [2.05, 4.69) is 21.8 Å². The zero-order valence-corrected chi connectivity index (χ0v) is 18.9. The summed E-state index contributed by atoms with van der Waals surface area (Å²) in [4.78, 5) is 17.7. The summed E-state index contributed by atoms with van der Waals surface area (Å²) in [6.45, 7) is 8.57.